The van der Waals surface area contributed by atoms with Crippen molar-refractivity contribution in [2.75, 3.05) is 32.8 Å². The first kappa shape index (κ1) is 12.9. The molecule has 0 aromatic rings. The van der Waals surface area contributed by atoms with Gasteiger partial charge in [-0.15, -0.1) is 0 Å². The average molecular weight is 216 g/mol. The van der Waals surface area contributed by atoms with Crippen molar-refractivity contribution in [1.82, 2.24) is 10.2 Å². The molecule has 90 valence electrons. The van der Waals surface area contributed by atoms with Crippen molar-refractivity contribution in [1.29, 1.82) is 0 Å². The molecule has 1 rings (SSSR count). The minimum Gasteiger partial charge on any atom is -0.389 e. The fourth-order valence-corrected chi connectivity index (χ4v) is 1.99. The highest BCUT2D eigenvalue weighted by Crippen LogP contribution is 2.06. The Balaban J connectivity index is 2.25. The van der Waals surface area contributed by atoms with Gasteiger partial charge in [0.1, 0.15) is 0 Å². The van der Waals surface area contributed by atoms with Crippen LogP contribution in [0, 0.1) is 0 Å². The average Bonchev–Trinajstić information content (AvgIpc) is 2.61. The molecule has 1 fully saturated rings. The van der Waals surface area contributed by atoms with E-state index in [1.807, 2.05) is 0 Å². The van der Waals surface area contributed by atoms with Gasteiger partial charge in [0.2, 0.25) is 0 Å². The summed E-state index contributed by atoms with van der Waals surface area (Å²) in [5.41, 5.74) is 0. The van der Waals surface area contributed by atoms with Crippen molar-refractivity contribution in [3.8, 4) is 0 Å². The quantitative estimate of drug-likeness (QED) is 0.659. The third-order valence-corrected chi connectivity index (χ3v) is 2.98. The molecule has 3 unspecified atom stereocenters. The Labute approximate surface area is 92.6 Å². The first-order valence-corrected chi connectivity index (χ1v) is 5.91. The largest absolute Gasteiger partial charge is 0.389 e. The molecule has 0 aliphatic carbocycles. The maximum Gasteiger partial charge on any atom is 0.0948 e. The summed E-state index contributed by atoms with van der Waals surface area (Å²) in [6.45, 7) is 10.8. The first-order valence-electron chi connectivity index (χ1n) is 5.91. The molecule has 0 bridgehead atoms. The highest BCUT2D eigenvalue weighted by atomic mass is 16.5. The van der Waals surface area contributed by atoms with Gasteiger partial charge in [-0.3, -0.25) is 0 Å². The molecule has 4 heteroatoms. The summed E-state index contributed by atoms with van der Waals surface area (Å²) in [4.78, 5) is 2.37. The Morgan fingerprint density at radius 1 is 1.40 bits per heavy atom. The molecule has 0 saturated carbocycles. The van der Waals surface area contributed by atoms with Crippen LogP contribution < -0.4 is 5.32 Å². The molecule has 0 radical (unpaired) electrons. The molecule has 1 saturated heterocycles. The monoisotopic (exact) mass is 216 g/mol. The maximum atomic E-state index is 9.59. The van der Waals surface area contributed by atoms with Crippen LogP contribution >= 0.6 is 0 Å². The van der Waals surface area contributed by atoms with Crippen LogP contribution in [0.1, 0.15) is 20.8 Å². The van der Waals surface area contributed by atoms with Crippen molar-refractivity contribution in [3.05, 3.63) is 0 Å². The van der Waals surface area contributed by atoms with E-state index >= 15 is 0 Å². The van der Waals surface area contributed by atoms with Gasteiger partial charge < -0.3 is 20.1 Å². The smallest absolute Gasteiger partial charge is 0.0948 e. The summed E-state index contributed by atoms with van der Waals surface area (Å²) in [5, 5.41) is 13.0. The van der Waals surface area contributed by atoms with Crippen LogP contribution in [0.3, 0.4) is 0 Å². The summed E-state index contributed by atoms with van der Waals surface area (Å²) in [7, 11) is 0. The lowest BCUT2D eigenvalue weighted by Gasteiger charge is -2.26. The Hall–Kier alpha value is -0.160. The molecular formula is C11H24N2O2. The van der Waals surface area contributed by atoms with Crippen LogP contribution in [0.4, 0.5) is 0 Å². The molecule has 3 atom stereocenters. The van der Waals surface area contributed by atoms with E-state index < -0.39 is 0 Å². The van der Waals surface area contributed by atoms with Crippen LogP contribution in [-0.2, 0) is 4.74 Å². The summed E-state index contributed by atoms with van der Waals surface area (Å²) < 4.78 is 5.20. The molecule has 0 aromatic heterocycles. The van der Waals surface area contributed by atoms with Gasteiger partial charge in [-0.2, -0.15) is 0 Å². The van der Waals surface area contributed by atoms with Crippen LogP contribution in [0.15, 0.2) is 0 Å². The highest BCUT2D eigenvalue weighted by Gasteiger charge is 2.27. The number of aliphatic hydroxyl groups is 1. The number of likely N-dealkylation sites (N-methyl/N-ethyl adjacent to an activating group) is 1. The SMILES string of the molecule is CCN(CC)CC(C)NC1COCC1O. The second-order valence-corrected chi connectivity index (χ2v) is 4.26. The van der Waals surface area contributed by atoms with E-state index in [0.717, 1.165) is 19.6 Å². The zero-order chi connectivity index (χ0) is 11.3. The fourth-order valence-electron chi connectivity index (χ4n) is 1.99. The van der Waals surface area contributed by atoms with E-state index in [1.54, 1.807) is 0 Å². The van der Waals surface area contributed by atoms with Gasteiger partial charge in [-0.05, 0) is 20.0 Å². The topological polar surface area (TPSA) is 44.7 Å². The normalized spacial score (nSPS) is 28.6. The van der Waals surface area contributed by atoms with Crippen molar-refractivity contribution in [2.45, 2.75) is 39.0 Å². The Bertz CT molecular complexity index is 174. The van der Waals surface area contributed by atoms with Crippen molar-refractivity contribution >= 4 is 0 Å². The van der Waals surface area contributed by atoms with Gasteiger partial charge in [0.05, 0.1) is 25.4 Å². The van der Waals surface area contributed by atoms with E-state index in [-0.39, 0.29) is 12.1 Å². The van der Waals surface area contributed by atoms with Gasteiger partial charge in [-0.1, -0.05) is 13.8 Å². The van der Waals surface area contributed by atoms with E-state index in [4.69, 9.17) is 4.74 Å². The van der Waals surface area contributed by atoms with Crippen LogP contribution in [-0.4, -0.2) is 61.0 Å². The highest BCUT2D eigenvalue weighted by molar-refractivity contribution is 4.83. The van der Waals surface area contributed by atoms with E-state index in [9.17, 15) is 5.11 Å². The van der Waals surface area contributed by atoms with Gasteiger partial charge in [0.15, 0.2) is 0 Å². The first-order chi connectivity index (χ1) is 7.17. The maximum absolute atomic E-state index is 9.59. The summed E-state index contributed by atoms with van der Waals surface area (Å²) in [6.07, 6.45) is -0.343. The Morgan fingerprint density at radius 3 is 2.53 bits per heavy atom. The number of ether oxygens (including phenoxy) is 1. The molecular weight excluding hydrogens is 192 g/mol. The zero-order valence-electron chi connectivity index (χ0n) is 10.1. The number of nitrogens with one attached hydrogen (secondary N) is 1. The Morgan fingerprint density at radius 2 is 2.07 bits per heavy atom. The van der Waals surface area contributed by atoms with Crippen molar-refractivity contribution in [2.24, 2.45) is 0 Å². The standard InChI is InChI=1S/C11H24N2O2/c1-4-13(5-2)6-9(3)12-10-7-15-8-11(10)14/h9-12,14H,4-8H2,1-3H3. The molecule has 1 aliphatic rings. The predicted molar refractivity (Wildman–Crippen MR) is 61.0 cm³/mol. The molecule has 4 nitrogen and oxygen atoms in total. The third kappa shape index (κ3) is 4.07. The van der Waals surface area contributed by atoms with Gasteiger partial charge in [-0.25, -0.2) is 0 Å². The van der Waals surface area contributed by atoms with Crippen molar-refractivity contribution < 1.29 is 9.84 Å². The lowest BCUT2D eigenvalue weighted by Crippen LogP contribution is -2.48. The molecule has 15 heavy (non-hydrogen) atoms. The lowest BCUT2D eigenvalue weighted by molar-refractivity contribution is 0.120. The van der Waals surface area contributed by atoms with Gasteiger partial charge >= 0.3 is 0 Å². The molecule has 1 heterocycles. The second kappa shape index (κ2) is 6.43. The molecule has 0 spiro atoms. The number of nitrogens with zero attached hydrogens (tertiary/aromatic N) is 1. The Kier molecular flexibility index (Phi) is 5.53. The van der Waals surface area contributed by atoms with Crippen LogP contribution in [0.2, 0.25) is 0 Å². The van der Waals surface area contributed by atoms with Crippen LogP contribution in [0.5, 0.6) is 0 Å². The van der Waals surface area contributed by atoms with E-state index in [1.165, 1.54) is 0 Å². The fraction of sp³-hybridized carbons (Fsp3) is 1.00. The van der Waals surface area contributed by atoms with Gasteiger partial charge in [0, 0.05) is 12.6 Å². The molecule has 2 N–H and O–H groups in total. The van der Waals surface area contributed by atoms with Crippen molar-refractivity contribution in [3.63, 3.8) is 0 Å². The summed E-state index contributed by atoms with van der Waals surface area (Å²) >= 11 is 0. The summed E-state index contributed by atoms with van der Waals surface area (Å²) in [5.74, 6) is 0. The number of rotatable bonds is 6. The lowest BCUT2D eigenvalue weighted by atomic mass is 10.2. The molecule has 0 amide bonds. The second-order valence-electron chi connectivity index (χ2n) is 4.26. The van der Waals surface area contributed by atoms with E-state index in [2.05, 4.69) is 31.0 Å². The number of aliphatic hydroxyl groups excluding tert-OH is 1. The zero-order valence-corrected chi connectivity index (χ0v) is 10.1. The molecule has 1 aliphatic heterocycles. The van der Waals surface area contributed by atoms with E-state index in [0.29, 0.717) is 19.3 Å². The predicted octanol–water partition coefficient (Wildman–Crippen LogP) is 0.0660. The number of hydrogen-bond donors (Lipinski definition) is 2. The number of hydrogen-bond acceptors (Lipinski definition) is 4. The minimum absolute atomic E-state index is 0.107. The van der Waals surface area contributed by atoms with Crippen LogP contribution in [0.25, 0.3) is 0 Å². The third-order valence-electron chi connectivity index (χ3n) is 2.98. The molecule has 0 aromatic carbocycles. The van der Waals surface area contributed by atoms with Gasteiger partial charge in [0.25, 0.3) is 0 Å². The summed E-state index contributed by atoms with van der Waals surface area (Å²) in [6, 6.07) is 0.502. The minimum atomic E-state index is -0.343.